The Hall–Kier alpha value is -1.02. The van der Waals surface area contributed by atoms with Crippen LogP contribution < -0.4 is 10.1 Å². The molecule has 1 N–H and O–H groups in total. The molecule has 0 spiro atoms. The smallest absolute Gasteiger partial charge is 0.119 e. The molecular formula is C13H19NO. The van der Waals surface area contributed by atoms with E-state index in [1.54, 1.807) is 0 Å². The van der Waals surface area contributed by atoms with Crippen LogP contribution in [-0.2, 0) is 6.42 Å². The zero-order valence-electron chi connectivity index (χ0n) is 9.55. The highest BCUT2D eigenvalue weighted by molar-refractivity contribution is 5.39. The van der Waals surface area contributed by atoms with Crippen molar-refractivity contribution in [2.45, 2.75) is 32.7 Å². The van der Waals surface area contributed by atoms with Gasteiger partial charge in [-0.25, -0.2) is 0 Å². The Morgan fingerprint density at radius 3 is 3.00 bits per heavy atom. The quantitative estimate of drug-likeness (QED) is 0.819. The van der Waals surface area contributed by atoms with Gasteiger partial charge in [0, 0.05) is 6.04 Å². The molecule has 0 saturated heterocycles. The van der Waals surface area contributed by atoms with Crippen LogP contribution in [0, 0.1) is 0 Å². The van der Waals surface area contributed by atoms with Crippen molar-refractivity contribution in [3.05, 3.63) is 29.3 Å². The monoisotopic (exact) mass is 205 g/mol. The van der Waals surface area contributed by atoms with Gasteiger partial charge in [-0.1, -0.05) is 13.0 Å². The van der Waals surface area contributed by atoms with Gasteiger partial charge in [0.15, 0.2) is 0 Å². The summed E-state index contributed by atoms with van der Waals surface area (Å²) in [7, 11) is 0. The molecule has 1 aliphatic rings. The van der Waals surface area contributed by atoms with Crippen LogP contribution in [0.5, 0.6) is 5.75 Å². The molecule has 1 unspecified atom stereocenters. The van der Waals surface area contributed by atoms with Gasteiger partial charge in [0.1, 0.15) is 5.75 Å². The molecule has 2 nitrogen and oxygen atoms in total. The maximum atomic E-state index is 5.54. The molecule has 0 aliphatic carbocycles. The summed E-state index contributed by atoms with van der Waals surface area (Å²) < 4.78 is 5.54. The molecule has 1 aromatic rings. The Morgan fingerprint density at radius 2 is 2.27 bits per heavy atom. The lowest BCUT2D eigenvalue weighted by molar-refractivity contribution is 0.338. The normalized spacial score (nSPS) is 19.7. The summed E-state index contributed by atoms with van der Waals surface area (Å²) in [5.74, 6) is 0.999. The van der Waals surface area contributed by atoms with Gasteiger partial charge in [0.25, 0.3) is 0 Å². The highest BCUT2D eigenvalue weighted by Gasteiger charge is 2.18. The summed E-state index contributed by atoms with van der Waals surface area (Å²) >= 11 is 0. The molecular weight excluding hydrogens is 186 g/mol. The molecule has 0 fully saturated rings. The number of rotatable bonds is 3. The fraction of sp³-hybridized carbons (Fsp3) is 0.538. The standard InChI is InChI=1S/C13H19NO/c1-3-13-12-9-11(15-4-2)6-5-10(12)7-8-14-13/h5-6,9,13-14H,3-4,7-8H2,1-2H3. The summed E-state index contributed by atoms with van der Waals surface area (Å²) in [6, 6.07) is 7.00. The third-order valence-electron chi connectivity index (χ3n) is 3.00. The summed E-state index contributed by atoms with van der Waals surface area (Å²) in [6.07, 6.45) is 2.28. The van der Waals surface area contributed by atoms with Gasteiger partial charge in [-0.3, -0.25) is 0 Å². The van der Waals surface area contributed by atoms with Gasteiger partial charge in [-0.2, -0.15) is 0 Å². The largest absolute Gasteiger partial charge is 0.494 e. The Balaban J connectivity index is 2.30. The van der Waals surface area contributed by atoms with Gasteiger partial charge >= 0.3 is 0 Å². The maximum Gasteiger partial charge on any atom is 0.119 e. The highest BCUT2D eigenvalue weighted by atomic mass is 16.5. The first-order chi connectivity index (χ1) is 7.35. The van der Waals surface area contributed by atoms with Crippen LogP contribution in [0.25, 0.3) is 0 Å². The van der Waals surface area contributed by atoms with E-state index in [0.717, 1.165) is 31.7 Å². The minimum atomic E-state index is 0.508. The van der Waals surface area contributed by atoms with E-state index in [1.165, 1.54) is 11.1 Å². The van der Waals surface area contributed by atoms with Crippen LogP contribution in [0.4, 0.5) is 0 Å². The lowest BCUT2D eigenvalue weighted by Gasteiger charge is -2.26. The first-order valence-electron chi connectivity index (χ1n) is 5.84. The molecule has 0 radical (unpaired) electrons. The molecule has 15 heavy (non-hydrogen) atoms. The van der Waals surface area contributed by atoms with Crippen LogP contribution in [-0.4, -0.2) is 13.2 Å². The van der Waals surface area contributed by atoms with E-state index in [1.807, 2.05) is 6.92 Å². The molecule has 0 saturated carbocycles. The van der Waals surface area contributed by atoms with E-state index < -0.39 is 0 Å². The molecule has 2 heteroatoms. The van der Waals surface area contributed by atoms with Crippen molar-refractivity contribution < 1.29 is 4.74 Å². The second-order valence-corrected chi connectivity index (χ2v) is 3.96. The fourth-order valence-electron chi connectivity index (χ4n) is 2.24. The Morgan fingerprint density at radius 1 is 1.40 bits per heavy atom. The van der Waals surface area contributed by atoms with Crippen molar-refractivity contribution in [2.24, 2.45) is 0 Å². The topological polar surface area (TPSA) is 21.3 Å². The number of nitrogens with one attached hydrogen (secondary N) is 1. The number of fused-ring (bicyclic) bond motifs is 1. The van der Waals surface area contributed by atoms with E-state index in [2.05, 4.69) is 30.4 Å². The van der Waals surface area contributed by atoms with Gasteiger partial charge in [0.2, 0.25) is 0 Å². The van der Waals surface area contributed by atoms with E-state index in [0.29, 0.717) is 6.04 Å². The van der Waals surface area contributed by atoms with Crippen LogP contribution in [0.15, 0.2) is 18.2 Å². The lowest BCUT2D eigenvalue weighted by atomic mass is 9.93. The van der Waals surface area contributed by atoms with Gasteiger partial charge in [0.05, 0.1) is 6.61 Å². The van der Waals surface area contributed by atoms with Crippen LogP contribution in [0.1, 0.15) is 37.4 Å². The SMILES string of the molecule is CCOc1ccc2c(c1)C(CC)NCC2. The summed E-state index contributed by atoms with van der Waals surface area (Å²) in [5, 5.41) is 3.54. The zero-order valence-corrected chi connectivity index (χ0v) is 9.55. The predicted octanol–water partition coefficient (Wildman–Crippen LogP) is 2.68. The van der Waals surface area contributed by atoms with Crippen LogP contribution in [0.3, 0.4) is 0 Å². The molecule has 1 aromatic carbocycles. The molecule has 82 valence electrons. The van der Waals surface area contributed by atoms with Crippen molar-refractivity contribution >= 4 is 0 Å². The van der Waals surface area contributed by atoms with E-state index >= 15 is 0 Å². The summed E-state index contributed by atoms with van der Waals surface area (Å²) in [6.45, 7) is 6.08. The van der Waals surface area contributed by atoms with E-state index in [-0.39, 0.29) is 0 Å². The average Bonchev–Trinajstić information content (AvgIpc) is 2.28. The molecule has 2 rings (SSSR count). The van der Waals surface area contributed by atoms with Crippen molar-refractivity contribution in [1.29, 1.82) is 0 Å². The van der Waals surface area contributed by atoms with Crippen LogP contribution in [0.2, 0.25) is 0 Å². The van der Waals surface area contributed by atoms with Crippen molar-refractivity contribution in [3.8, 4) is 5.75 Å². The average molecular weight is 205 g/mol. The molecule has 0 aromatic heterocycles. The Labute approximate surface area is 91.6 Å². The lowest BCUT2D eigenvalue weighted by Crippen LogP contribution is -2.29. The minimum Gasteiger partial charge on any atom is -0.494 e. The third kappa shape index (κ3) is 2.15. The molecule has 1 heterocycles. The van der Waals surface area contributed by atoms with Crippen molar-refractivity contribution in [3.63, 3.8) is 0 Å². The van der Waals surface area contributed by atoms with Crippen molar-refractivity contribution in [2.75, 3.05) is 13.2 Å². The number of ether oxygens (including phenoxy) is 1. The van der Waals surface area contributed by atoms with Gasteiger partial charge < -0.3 is 10.1 Å². The first-order valence-corrected chi connectivity index (χ1v) is 5.84. The second-order valence-electron chi connectivity index (χ2n) is 3.96. The zero-order chi connectivity index (χ0) is 10.7. The first kappa shape index (κ1) is 10.5. The summed E-state index contributed by atoms with van der Waals surface area (Å²) in [4.78, 5) is 0. The van der Waals surface area contributed by atoms with Gasteiger partial charge in [-0.05, 0) is 49.6 Å². The Bertz CT molecular complexity index is 335. The van der Waals surface area contributed by atoms with E-state index in [9.17, 15) is 0 Å². The molecule has 0 amide bonds. The van der Waals surface area contributed by atoms with Crippen molar-refractivity contribution in [1.82, 2.24) is 5.32 Å². The molecule has 1 aliphatic heterocycles. The van der Waals surface area contributed by atoms with E-state index in [4.69, 9.17) is 4.74 Å². The Kier molecular flexibility index (Phi) is 3.27. The minimum absolute atomic E-state index is 0.508. The molecule has 1 atom stereocenters. The summed E-state index contributed by atoms with van der Waals surface area (Å²) in [5.41, 5.74) is 2.90. The maximum absolute atomic E-state index is 5.54. The molecule has 0 bridgehead atoms. The number of hydrogen-bond donors (Lipinski definition) is 1. The predicted molar refractivity (Wildman–Crippen MR) is 62.3 cm³/mol. The number of hydrogen-bond acceptors (Lipinski definition) is 2. The fourth-order valence-corrected chi connectivity index (χ4v) is 2.24. The van der Waals surface area contributed by atoms with Crippen LogP contribution >= 0.6 is 0 Å². The highest BCUT2D eigenvalue weighted by Crippen LogP contribution is 2.28. The van der Waals surface area contributed by atoms with Gasteiger partial charge in [-0.15, -0.1) is 0 Å². The third-order valence-corrected chi connectivity index (χ3v) is 3.00. The second kappa shape index (κ2) is 4.67. The number of benzene rings is 1.